The topological polar surface area (TPSA) is 36.4 Å². The van der Waals surface area contributed by atoms with E-state index in [1.807, 2.05) is 6.07 Å². The van der Waals surface area contributed by atoms with Crippen molar-refractivity contribution in [3.05, 3.63) is 53.2 Å². The number of carbonyl (C=O) groups is 1. The van der Waals surface area contributed by atoms with Gasteiger partial charge in [-0.1, -0.05) is 49.7 Å². The smallest absolute Gasteiger partial charge is 0.149 e. The Labute approximate surface area is 169 Å². The van der Waals surface area contributed by atoms with Gasteiger partial charge in [-0.15, -0.1) is 0 Å². The van der Waals surface area contributed by atoms with Crippen LogP contribution in [0.1, 0.15) is 25.6 Å². The maximum Gasteiger partial charge on any atom is 0.149 e. The van der Waals surface area contributed by atoms with E-state index in [2.05, 4.69) is 60.0 Å². The molecule has 3 aromatic rings. The summed E-state index contributed by atoms with van der Waals surface area (Å²) in [4.78, 5) is 22.6. The SMILES string of the molecule is CC12CN3CC(C)(CN(C1)C3c1cc3cc4ccccc4cc3nc1Cl)C2=O. The molecule has 0 spiro atoms. The van der Waals surface area contributed by atoms with E-state index in [4.69, 9.17) is 16.6 Å². The zero-order chi connectivity index (χ0) is 19.3. The Kier molecular flexibility index (Phi) is 3.21. The molecule has 0 radical (unpaired) electrons. The lowest BCUT2D eigenvalue weighted by molar-refractivity contribution is -0.197. The summed E-state index contributed by atoms with van der Waals surface area (Å²) in [7, 11) is 0. The number of hydrogen-bond acceptors (Lipinski definition) is 4. The highest BCUT2D eigenvalue weighted by Gasteiger charge is 2.62. The predicted molar refractivity (Wildman–Crippen MR) is 111 cm³/mol. The first-order valence-electron chi connectivity index (χ1n) is 9.88. The fourth-order valence-electron chi connectivity index (χ4n) is 6.03. The number of carbonyl (C=O) groups excluding carboxylic acids is 1. The third kappa shape index (κ3) is 2.14. The first-order chi connectivity index (χ1) is 13.4. The molecular weight excluding hydrogens is 370 g/mol. The normalized spacial score (nSPS) is 36.5. The molecular formula is C23H22ClN3O. The van der Waals surface area contributed by atoms with Gasteiger partial charge in [0, 0.05) is 37.1 Å². The van der Waals surface area contributed by atoms with Crippen LogP contribution in [0.3, 0.4) is 0 Å². The molecule has 7 rings (SSSR count). The molecule has 4 aliphatic rings. The van der Waals surface area contributed by atoms with Crippen molar-refractivity contribution in [1.82, 2.24) is 14.8 Å². The second kappa shape index (κ2) is 5.32. The zero-order valence-electron chi connectivity index (χ0n) is 16.1. The lowest BCUT2D eigenvalue weighted by Gasteiger charge is -2.64. The average molecular weight is 392 g/mol. The molecule has 4 aliphatic heterocycles. The number of aromatic nitrogens is 1. The monoisotopic (exact) mass is 391 g/mol. The molecule has 5 heteroatoms. The van der Waals surface area contributed by atoms with Crippen molar-refractivity contribution in [3.8, 4) is 0 Å². The van der Waals surface area contributed by atoms with E-state index in [-0.39, 0.29) is 17.0 Å². The predicted octanol–water partition coefficient (Wildman–Crippen LogP) is 4.27. The van der Waals surface area contributed by atoms with Crippen LogP contribution in [-0.4, -0.2) is 46.7 Å². The molecule has 1 aromatic heterocycles. The minimum atomic E-state index is -0.269. The number of Topliss-reactive ketones (excluding diaryl/α,β-unsaturated/α-hetero) is 1. The summed E-state index contributed by atoms with van der Waals surface area (Å²) in [5.74, 6) is 0.431. The lowest BCUT2D eigenvalue weighted by atomic mass is 9.62. The highest BCUT2D eigenvalue weighted by Crippen LogP contribution is 2.52. The molecule has 0 aliphatic carbocycles. The summed E-state index contributed by atoms with van der Waals surface area (Å²) in [5, 5.41) is 4.07. The van der Waals surface area contributed by atoms with E-state index in [1.54, 1.807) is 0 Å². The molecule has 4 bridgehead atoms. The van der Waals surface area contributed by atoms with Crippen LogP contribution >= 0.6 is 11.6 Å². The van der Waals surface area contributed by atoms with Crippen molar-refractivity contribution in [3.63, 3.8) is 0 Å². The van der Waals surface area contributed by atoms with E-state index in [0.717, 1.165) is 42.6 Å². The Balaban J connectivity index is 1.49. The van der Waals surface area contributed by atoms with Crippen molar-refractivity contribution < 1.29 is 4.79 Å². The van der Waals surface area contributed by atoms with E-state index in [0.29, 0.717) is 10.9 Å². The summed E-state index contributed by atoms with van der Waals surface area (Å²) in [6, 6.07) is 14.9. The van der Waals surface area contributed by atoms with Gasteiger partial charge in [0.1, 0.15) is 10.9 Å². The lowest BCUT2D eigenvalue weighted by Crippen LogP contribution is -2.75. The number of benzene rings is 2. The van der Waals surface area contributed by atoms with E-state index in [1.165, 1.54) is 10.8 Å². The summed E-state index contributed by atoms with van der Waals surface area (Å²) in [6.07, 6.45) is 0.102. The number of fused-ring (bicyclic) bond motifs is 2. The van der Waals surface area contributed by atoms with Crippen molar-refractivity contribution >= 4 is 39.1 Å². The Bertz CT molecular complexity index is 1130. The molecule has 4 nitrogen and oxygen atoms in total. The number of pyridine rings is 1. The minimum absolute atomic E-state index is 0.102. The first kappa shape index (κ1) is 16.9. The molecule has 28 heavy (non-hydrogen) atoms. The van der Waals surface area contributed by atoms with Gasteiger partial charge in [-0.25, -0.2) is 4.98 Å². The Morgan fingerprint density at radius 3 is 2.11 bits per heavy atom. The number of piperidine rings is 2. The van der Waals surface area contributed by atoms with Gasteiger partial charge in [0.05, 0.1) is 22.5 Å². The third-order valence-corrected chi connectivity index (χ3v) is 7.24. The van der Waals surface area contributed by atoms with Gasteiger partial charge >= 0.3 is 0 Å². The van der Waals surface area contributed by atoms with Crippen LogP contribution in [0, 0.1) is 10.8 Å². The van der Waals surface area contributed by atoms with Gasteiger partial charge in [0.25, 0.3) is 0 Å². The minimum Gasteiger partial charge on any atom is -0.298 e. The van der Waals surface area contributed by atoms with E-state index < -0.39 is 0 Å². The van der Waals surface area contributed by atoms with E-state index in [9.17, 15) is 4.79 Å². The molecule has 0 amide bonds. The molecule has 142 valence electrons. The standard InChI is InChI=1S/C23H22ClN3O/c1-22-10-26-12-23(2,21(22)28)13-27(11-22)20(26)17-8-16-7-14-5-3-4-6-15(14)9-18(16)25-19(17)24/h3-9,20H,10-13H2,1-2H3. The zero-order valence-corrected chi connectivity index (χ0v) is 16.8. The molecule has 0 N–H and O–H groups in total. The fraction of sp³-hybridized carbons (Fsp3) is 0.391. The van der Waals surface area contributed by atoms with Crippen molar-refractivity contribution in [1.29, 1.82) is 0 Å². The van der Waals surface area contributed by atoms with Crippen LogP contribution in [0.5, 0.6) is 0 Å². The van der Waals surface area contributed by atoms with Crippen LogP contribution in [0.2, 0.25) is 5.15 Å². The van der Waals surface area contributed by atoms with Crippen molar-refractivity contribution in [2.45, 2.75) is 20.0 Å². The Morgan fingerprint density at radius 1 is 0.929 bits per heavy atom. The molecule has 4 fully saturated rings. The largest absolute Gasteiger partial charge is 0.298 e. The summed E-state index contributed by atoms with van der Waals surface area (Å²) < 4.78 is 0. The van der Waals surface area contributed by atoms with Gasteiger partial charge in [-0.05, 0) is 29.0 Å². The molecule has 2 aromatic carbocycles. The van der Waals surface area contributed by atoms with Crippen LogP contribution in [0.25, 0.3) is 21.7 Å². The molecule has 0 unspecified atom stereocenters. The van der Waals surface area contributed by atoms with Crippen LogP contribution in [0.15, 0.2) is 42.5 Å². The van der Waals surface area contributed by atoms with Gasteiger partial charge in [0.15, 0.2) is 0 Å². The van der Waals surface area contributed by atoms with Crippen LogP contribution in [0.4, 0.5) is 0 Å². The number of halogens is 1. The van der Waals surface area contributed by atoms with Crippen LogP contribution < -0.4 is 0 Å². The molecule has 0 saturated carbocycles. The summed E-state index contributed by atoms with van der Waals surface area (Å²) in [6.45, 7) is 7.44. The Morgan fingerprint density at radius 2 is 1.50 bits per heavy atom. The van der Waals surface area contributed by atoms with Crippen LogP contribution in [-0.2, 0) is 4.79 Å². The molecule has 5 heterocycles. The highest BCUT2D eigenvalue weighted by molar-refractivity contribution is 6.30. The summed E-state index contributed by atoms with van der Waals surface area (Å²) in [5.41, 5.74) is 1.45. The van der Waals surface area contributed by atoms with Crippen molar-refractivity contribution in [2.75, 3.05) is 26.2 Å². The van der Waals surface area contributed by atoms with Crippen molar-refractivity contribution in [2.24, 2.45) is 10.8 Å². The van der Waals surface area contributed by atoms with Gasteiger partial charge < -0.3 is 0 Å². The van der Waals surface area contributed by atoms with Gasteiger partial charge in [0.2, 0.25) is 0 Å². The third-order valence-electron chi connectivity index (χ3n) is 6.94. The fourth-order valence-corrected chi connectivity index (χ4v) is 6.27. The average Bonchev–Trinajstić information content (AvgIpc) is 2.64. The molecule has 0 atom stereocenters. The highest BCUT2D eigenvalue weighted by atomic mass is 35.5. The quantitative estimate of drug-likeness (QED) is 0.458. The number of rotatable bonds is 1. The molecule has 4 saturated heterocycles. The maximum atomic E-state index is 12.9. The first-order valence-corrected chi connectivity index (χ1v) is 10.3. The Hall–Kier alpha value is -2.01. The number of ketones is 1. The maximum absolute atomic E-state index is 12.9. The van der Waals surface area contributed by atoms with Gasteiger partial charge in [-0.3, -0.25) is 14.6 Å². The number of nitrogens with zero attached hydrogens (tertiary/aromatic N) is 3. The van der Waals surface area contributed by atoms with E-state index >= 15 is 0 Å². The number of hydrogen-bond donors (Lipinski definition) is 0. The second-order valence-electron chi connectivity index (χ2n) is 9.39. The summed E-state index contributed by atoms with van der Waals surface area (Å²) >= 11 is 6.71. The second-order valence-corrected chi connectivity index (χ2v) is 9.75. The van der Waals surface area contributed by atoms with Gasteiger partial charge in [-0.2, -0.15) is 0 Å².